The van der Waals surface area contributed by atoms with Crippen LogP contribution >= 0.6 is 0 Å². The second-order valence-corrected chi connectivity index (χ2v) is 9.09. The van der Waals surface area contributed by atoms with E-state index in [1.807, 2.05) is 0 Å². The second kappa shape index (κ2) is 9.07. The monoisotopic (exact) mass is 458 g/mol. The highest BCUT2D eigenvalue weighted by molar-refractivity contribution is 7.89. The molecule has 168 valence electrons. The molecule has 2 N–H and O–H groups in total. The highest BCUT2D eigenvalue weighted by atomic mass is 32.2. The average molecular weight is 458 g/mol. The zero-order chi connectivity index (χ0) is 22.7. The molecule has 32 heavy (non-hydrogen) atoms. The van der Waals surface area contributed by atoms with Crippen molar-refractivity contribution in [3.8, 4) is 5.75 Å². The van der Waals surface area contributed by atoms with Crippen molar-refractivity contribution in [2.24, 2.45) is 0 Å². The van der Waals surface area contributed by atoms with Gasteiger partial charge in [-0.2, -0.15) is 9.40 Å². The van der Waals surface area contributed by atoms with Gasteiger partial charge in [-0.05, 0) is 24.3 Å². The number of amides is 1. The van der Waals surface area contributed by atoms with Crippen molar-refractivity contribution >= 4 is 32.4 Å². The van der Waals surface area contributed by atoms with Gasteiger partial charge < -0.3 is 14.8 Å². The zero-order valence-corrected chi connectivity index (χ0v) is 18.1. The molecule has 3 aromatic rings. The van der Waals surface area contributed by atoms with E-state index >= 15 is 0 Å². The van der Waals surface area contributed by atoms with Crippen LogP contribution in [0.25, 0.3) is 10.8 Å². The minimum absolute atomic E-state index is 0.0446. The van der Waals surface area contributed by atoms with Crippen LogP contribution in [0.15, 0.2) is 52.2 Å². The molecule has 0 unspecified atom stereocenters. The largest absolute Gasteiger partial charge is 0.495 e. The zero-order valence-electron chi connectivity index (χ0n) is 17.3. The lowest BCUT2D eigenvalue weighted by molar-refractivity contribution is -0.115. The smallest absolute Gasteiger partial charge is 0.272 e. The molecule has 1 aliphatic rings. The van der Waals surface area contributed by atoms with Crippen LogP contribution in [0.2, 0.25) is 0 Å². The first-order valence-electron chi connectivity index (χ1n) is 9.92. The topological polar surface area (TPSA) is 131 Å². The number of ether oxygens (including phenoxy) is 2. The Morgan fingerprint density at radius 2 is 1.91 bits per heavy atom. The van der Waals surface area contributed by atoms with Gasteiger partial charge in [-0.3, -0.25) is 9.59 Å². The van der Waals surface area contributed by atoms with E-state index in [1.54, 1.807) is 24.3 Å². The normalized spacial score (nSPS) is 14.9. The quantitative estimate of drug-likeness (QED) is 0.566. The highest BCUT2D eigenvalue weighted by Crippen LogP contribution is 2.29. The van der Waals surface area contributed by atoms with Gasteiger partial charge in [0.2, 0.25) is 15.9 Å². The molecule has 11 heteroatoms. The summed E-state index contributed by atoms with van der Waals surface area (Å²) in [5, 5.41) is 10.1. The lowest BCUT2D eigenvalue weighted by atomic mass is 10.1. The Morgan fingerprint density at radius 1 is 1.19 bits per heavy atom. The van der Waals surface area contributed by atoms with Crippen molar-refractivity contribution in [3.63, 3.8) is 0 Å². The number of carbonyl (C=O) groups excluding carboxylic acids is 1. The Morgan fingerprint density at radius 3 is 2.62 bits per heavy atom. The predicted molar refractivity (Wildman–Crippen MR) is 117 cm³/mol. The van der Waals surface area contributed by atoms with Crippen LogP contribution in [-0.2, 0) is 26.0 Å². The molecule has 0 spiro atoms. The number of hydrogen-bond acceptors (Lipinski definition) is 7. The lowest BCUT2D eigenvalue weighted by Crippen LogP contribution is -2.40. The number of methoxy groups -OCH3 is 1. The van der Waals surface area contributed by atoms with Crippen LogP contribution in [0.5, 0.6) is 5.75 Å². The number of benzene rings is 2. The Hall–Kier alpha value is -3.28. The number of hydrogen-bond donors (Lipinski definition) is 2. The standard InChI is InChI=1S/C21H22N4O6S/c1-30-19-7-6-14(32(28,29)25-8-10-31-11-9-25)12-18(19)22-20(26)13-17-15-4-2-3-5-16(15)21(27)24-23-17/h2-7,12H,8-11,13H2,1H3,(H,22,26)(H,24,27). The number of morpholine rings is 1. The Kier molecular flexibility index (Phi) is 6.21. The minimum atomic E-state index is -3.74. The average Bonchev–Trinajstić information content (AvgIpc) is 2.81. The molecule has 0 aliphatic carbocycles. The van der Waals surface area contributed by atoms with Crippen molar-refractivity contribution < 1.29 is 22.7 Å². The number of anilines is 1. The Labute approximate surface area is 184 Å². The fourth-order valence-electron chi connectivity index (χ4n) is 3.53. The number of carbonyl (C=O) groups is 1. The number of nitrogens with zero attached hydrogens (tertiary/aromatic N) is 2. The summed E-state index contributed by atoms with van der Waals surface area (Å²) in [5.41, 5.74) is 0.279. The first-order chi connectivity index (χ1) is 15.4. The molecular weight excluding hydrogens is 436 g/mol. The molecule has 1 saturated heterocycles. The van der Waals surface area contributed by atoms with Crippen LogP contribution < -0.4 is 15.6 Å². The van der Waals surface area contributed by atoms with Crippen LogP contribution in [0, 0.1) is 0 Å². The summed E-state index contributed by atoms with van der Waals surface area (Å²) in [7, 11) is -2.31. The van der Waals surface area contributed by atoms with Crippen LogP contribution in [0.1, 0.15) is 5.69 Å². The highest BCUT2D eigenvalue weighted by Gasteiger charge is 2.27. The van der Waals surface area contributed by atoms with Crippen LogP contribution in [0.4, 0.5) is 5.69 Å². The molecule has 0 atom stereocenters. The van der Waals surface area contributed by atoms with Crippen molar-refractivity contribution in [2.45, 2.75) is 11.3 Å². The van der Waals surface area contributed by atoms with Crippen LogP contribution in [-0.4, -0.2) is 62.2 Å². The van der Waals surface area contributed by atoms with Gasteiger partial charge in [0, 0.05) is 18.5 Å². The minimum Gasteiger partial charge on any atom is -0.495 e. The van der Waals surface area contributed by atoms with Gasteiger partial charge in [-0.15, -0.1) is 0 Å². The molecule has 0 bridgehead atoms. The van der Waals surface area contributed by atoms with Crippen molar-refractivity contribution in [1.29, 1.82) is 0 Å². The maximum absolute atomic E-state index is 13.0. The maximum atomic E-state index is 13.0. The summed E-state index contributed by atoms with van der Waals surface area (Å²) >= 11 is 0. The lowest BCUT2D eigenvalue weighted by Gasteiger charge is -2.26. The van der Waals surface area contributed by atoms with E-state index in [4.69, 9.17) is 9.47 Å². The molecule has 4 rings (SSSR count). The third kappa shape index (κ3) is 4.35. The number of sulfonamides is 1. The summed E-state index contributed by atoms with van der Waals surface area (Å²) in [4.78, 5) is 24.8. The molecule has 10 nitrogen and oxygen atoms in total. The summed E-state index contributed by atoms with van der Waals surface area (Å²) in [5.74, 6) is -0.118. The second-order valence-electron chi connectivity index (χ2n) is 7.15. The van der Waals surface area contributed by atoms with E-state index in [9.17, 15) is 18.0 Å². The fourth-order valence-corrected chi connectivity index (χ4v) is 4.97. The Bertz CT molecular complexity index is 1320. The molecule has 1 aromatic heterocycles. The molecule has 2 aromatic carbocycles. The van der Waals surface area contributed by atoms with Gasteiger partial charge in [-0.25, -0.2) is 13.5 Å². The maximum Gasteiger partial charge on any atom is 0.272 e. The molecule has 0 radical (unpaired) electrons. The summed E-state index contributed by atoms with van der Waals surface area (Å²) in [6, 6.07) is 11.2. The van der Waals surface area contributed by atoms with Gasteiger partial charge in [-0.1, -0.05) is 18.2 Å². The number of aromatic amines is 1. The van der Waals surface area contributed by atoms with Gasteiger partial charge in [0.1, 0.15) is 5.75 Å². The van der Waals surface area contributed by atoms with E-state index in [2.05, 4.69) is 15.5 Å². The van der Waals surface area contributed by atoms with Crippen LogP contribution in [0.3, 0.4) is 0 Å². The number of H-pyrrole nitrogens is 1. The summed E-state index contributed by atoms with van der Waals surface area (Å²) < 4.78 is 37.8. The summed E-state index contributed by atoms with van der Waals surface area (Å²) in [6.45, 7) is 1.19. The van der Waals surface area contributed by atoms with E-state index in [-0.39, 0.29) is 35.7 Å². The molecule has 2 heterocycles. The molecular formula is C21H22N4O6S. The first-order valence-corrected chi connectivity index (χ1v) is 11.4. The number of nitrogens with one attached hydrogen (secondary N) is 2. The fraction of sp³-hybridized carbons (Fsp3) is 0.286. The third-order valence-electron chi connectivity index (χ3n) is 5.16. The van der Waals surface area contributed by atoms with E-state index < -0.39 is 15.9 Å². The number of aromatic nitrogens is 2. The first kappa shape index (κ1) is 21.9. The number of fused-ring (bicyclic) bond motifs is 1. The molecule has 1 aliphatic heterocycles. The SMILES string of the molecule is COc1ccc(S(=O)(=O)N2CCOCC2)cc1NC(=O)Cc1n[nH]c(=O)c2ccccc12. The predicted octanol–water partition coefficient (Wildman–Crippen LogP) is 1.13. The van der Waals surface area contributed by atoms with Crippen molar-refractivity contribution in [2.75, 3.05) is 38.7 Å². The van der Waals surface area contributed by atoms with E-state index in [1.165, 1.54) is 29.6 Å². The van der Waals surface area contributed by atoms with Gasteiger partial charge in [0.05, 0.1) is 48.4 Å². The molecule has 1 amide bonds. The van der Waals surface area contributed by atoms with Gasteiger partial charge >= 0.3 is 0 Å². The molecule has 1 fully saturated rings. The van der Waals surface area contributed by atoms with E-state index in [0.29, 0.717) is 35.4 Å². The molecule has 0 saturated carbocycles. The van der Waals surface area contributed by atoms with Gasteiger partial charge in [0.15, 0.2) is 0 Å². The Balaban J connectivity index is 1.60. The third-order valence-corrected chi connectivity index (χ3v) is 7.05. The van der Waals surface area contributed by atoms with Crippen molar-refractivity contribution in [1.82, 2.24) is 14.5 Å². The number of rotatable bonds is 6. The summed E-state index contributed by atoms with van der Waals surface area (Å²) in [6.07, 6.45) is -0.124. The van der Waals surface area contributed by atoms with Crippen molar-refractivity contribution in [3.05, 3.63) is 58.5 Å². The van der Waals surface area contributed by atoms with E-state index in [0.717, 1.165) is 0 Å². The van der Waals surface area contributed by atoms with Gasteiger partial charge in [0.25, 0.3) is 5.56 Å².